The van der Waals surface area contributed by atoms with Crippen LogP contribution >= 0.6 is 11.3 Å². The van der Waals surface area contributed by atoms with E-state index >= 15 is 0 Å². The van der Waals surface area contributed by atoms with Gasteiger partial charge >= 0.3 is 0 Å². The highest BCUT2D eigenvalue weighted by Crippen LogP contribution is 2.29. The summed E-state index contributed by atoms with van der Waals surface area (Å²) >= 11 is 1.74. The first kappa shape index (κ1) is 14.1. The Labute approximate surface area is 127 Å². The van der Waals surface area contributed by atoms with Crippen LogP contribution in [0.4, 0.5) is 15.8 Å². The van der Waals surface area contributed by atoms with E-state index in [4.69, 9.17) is 0 Å². The normalized spacial score (nSPS) is 13.8. The Morgan fingerprint density at radius 2 is 2.10 bits per heavy atom. The van der Waals surface area contributed by atoms with Crippen LogP contribution in [0.3, 0.4) is 0 Å². The molecule has 110 valence electrons. The Balaban J connectivity index is 1.81. The molecule has 1 aromatic carbocycles. The van der Waals surface area contributed by atoms with Crippen molar-refractivity contribution in [1.82, 2.24) is 0 Å². The summed E-state index contributed by atoms with van der Waals surface area (Å²) in [6, 6.07) is 5.32. The summed E-state index contributed by atoms with van der Waals surface area (Å²) in [4.78, 5) is 13.9. The Kier molecular flexibility index (Phi) is 3.68. The van der Waals surface area contributed by atoms with Gasteiger partial charge < -0.3 is 10.6 Å². The average molecular weight is 304 g/mol. The first-order chi connectivity index (χ1) is 10.0. The van der Waals surface area contributed by atoms with Crippen molar-refractivity contribution >= 4 is 28.6 Å². The average Bonchev–Trinajstić information content (AvgIpc) is 2.75. The van der Waals surface area contributed by atoms with Crippen molar-refractivity contribution in [3.8, 4) is 0 Å². The molecule has 2 heterocycles. The predicted molar refractivity (Wildman–Crippen MR) is 84.5 cm³/mol. The zero-order valence-corrected chi connectivity index (χ0v) is 12.9. The van der Waals surface area contributed by atoms with Crippen molar-refractivity contribution in [3.05, 3.63) is 44.9 Å². The number of benzene rings is 1. The van der Waals surface area contributed by atoms with Crippen molar-refractivity contribution in [3.63, 3.8) is 0 Å². The summed E-state index contributed by atoms with van der Waals surface area (Å²) < 4.78 is 14.1. The quantitative estimate of drug-likeness (QED) is 0.900. The number of fused-ring (bicyclic) bond motifs is 1. The Hall–Kier alpha value is -1.88. The molecular weight excluding hydrogens is 287 g/mol. The number of hydrogen-bond donors (Lipinski definition) is 2. The van der Waals surface area contributed by atoms with Crippen LogP contribution in [-0.4, -0.2) is 5.91 Å². The van der Waals surface area contributed by atoms with Gasteiger partial charge in [-0.05, 0) is 49.6 Å². The van der Waals surface area contributed by atoms with Gasteiger partial charge in [0, 0.05) is 28.4 Å². The molecule has 0 unspecified atom stereocenters. The zero-order chi connectivity index (χ0) is 15.0. The summed E-state index contributed by atoms with van der Waals surface area (Å²) in [5.74, 6) is -0.279. The van der Waals surface area contributed by atoms with E-state index in [-0.39, 0.29) is 11.7 Å². The fourth-order valence-corrected chi connectivity index (χ4v) is 3.53. The third-order valence-electron chi connectivity index (χ3n) is 3.70. The maximum Gasteiger partial charge on any atom is 0.224 e. The molecule has 5 heteroatoms. The molecule has 0 spiro atoms. The van der Waals surface area contributed by atoms with Crippen LogP contribution in [0.25, 0.3) is 0 Å². The molecule has 0 atom stereocenters. The van der Waals surface area contributed by atoms with Gasteiger partial charge in [-0.25, -0.2) is 4.39 Å². The maximum absolute atomic E-state index is 14.1. The number of thiophene rings is 1. The second-order valence-corrected chi connectivity index (χ2v) is 6.79. The molecule has 0 aliphatic carbocycles. The fourth-order valence-electron chi connectivity index (χ4n) is 2.58. The highest BCUT2D eigenvalue weighted by molar-refractivity contribution is 7.12. The number of anilines is 2. The van der Waals surface area contributed by atoms with E-state index in [1.54, 1.807) is 17.4 Å². The smallest absolute Gasteiger partial charge is 0.224 e. The summed E-state index contributed by atoms with van der Waals surface area (Å²) in [7, 11) is 0. The number of aryl methyl sites for hydroxylation is 3. The van der Waals surface area contributed by atoms with Crippen LogP contribution in [-0.2, 0) is 17.8 Å². The third-order valence-corrected chi connectivity index (χ3v) is 4.71. The van der Waals surface area contributed by atoms with Crippen LogP contribution in [0.1, 0.15) is 27.3 Å². The molecule has 0 fully saturated rings. The third kappa shape index (κ3) is 2.93. The lowest BCUT2D eigenvalue weighted by atomic mass is 10.0. The van der Waals surface area contributed by atoms with E-state index in [2.05, 4.69) is 30.5 Å². The first-order valence-corrected chi connectivity index (χ1v) is 7.76. The van der Waals surface area contributed by atoms with Crippen molar-refractivity contribution in [2.24, 2.45) is 0 Å². The van der Waals surface area contributed by atoms with Gasteiger partial charge in [0.05, 0.1) is 5.69 Å². The number of nitrogens with one attached hydrogen (secondary N) is 2. The molecule has 0 saturated carbocycles. The van der Waals surface area contributed by atoms with Crippen molar-refractivity contribution in [2.75, 3.05) is 10.6 Å². The fraction of sp³-hybridized carbons (Fsp3) is 0.312. The van der Waals surface area contributed by atoms with Crippen LogP contribution in [0, 0.1) is 19.7 Å². The van der Waals surface area contributed by atoms with Gasteiger partial charge in [-0.2, -0.15) is 0 Å². The van der Waals surface area contributed by atoms with Gasteiger partial charge in [0.1, 0.15) is 5.82 Å². The molecular formula is C16H17FN2OS. The molecule has 0 saturated heterocycles. The summed E-state index contributed by atoms with van der Waals surface area (Å²) in [5.41, 5.74) is 3.19. The number of hydrogen-bond acceptors (Lipinski definition) is 3. The lowest BCUT2D eigenvalue weighted by Gasteiger charge is -2.18. The SMILES string of the molecule is Cc1cc(CNc2cc3c(cc2F)CCC(=O)N3)c(C)s1. The van der Waals surface area contributed by atoms with Crippen LogP contribution in [0.5, 0.6) is 0 Å². The lowest BCUT2D eigenvalue weighted by molar-refractivity contribution is -0.116. The molecule has 1 aromatic heterocycles. The number of carbonyl (C=O) groups is 1. The van der Waals surface area contributed by atoms with Crippen LogP contribution in [0.15, 0.2) is 18.2 Å². The molecule has 0 radical (unpaired) electrons. The van der Waals surface area contributed by atoms with E-state index in [1.165, 1.54) is 21.4 Å². The minimum Gasteiger partial charge on any atom is -0.378 e. The molecule has 1 amide bonds. The van der Waals surface area contributed by atoms with Gasteiger partial charge in [0.15, 0.2) is 0 Å². The first-order valence-electron chi connectivity index (χ1n) is 6.95. The number of amides is 1. The van der Waals surface area contributed by atoms with Crippen molar-refractivity contribution < 1.29 is 9.18 Å². The topological polar surface area (TPSA) is 41.1 Å². The second-order valence-electron chi connectivity index (χ2n) is 5.33. The minimum absolute atomic E-state index is 0.00985. The van der Waals surface area contributed by atoms with Crippen molar-refractivity contribution in [1.29, 1.82) is 0 Å². The molecule has 1 aliphatic heterocycles. The minimum atomic E-state index is -0.269. The van der Waals surface area contributed by atoms with Crippen LogP contribution < -0.4 is 10.6 Å². The Bertz CT molecular complexity index is 709. The van der Waals surface area contributed by atoms with Gasteiger partial charge in [0.25, 0.3) is 0 Å². The molecule has 2 N–H and O–H groups in total. The standard InChI is InChI=1S/C16H17FN2OS/c1-9-5-12(10(2)21-9)8-18-15-7-14-11(6-13(15)17)3-4-16(20)19-14/h5-7,18H,3-4,8H2,1-2H3,(H,19,20). The highest BCUT2D eigenvalue weighted by Gasteiger charge is 2.17. The molecule has 2 aromatic rings. The molecule has 3 nitrogen and oxygen atoms in total. The van der Waals surface area contributed by atoms with E-state index in [0.29, 0.717) is 30.8 Å². The van der Waals surface area contributed by atoms with Gasteiger partial charge in [-0.3, -0.25) is 4.79 Å². The molecule has 0 bridgehead atoms. The summed E-state index contributed by atoms with van der Waals surface area (Å²) in [6.45, 7) is 4.72. The molecule has 21 heavy (non-hydrogen) atoms. The summed E-state index contributed by atoms with van der Waals surface area (Å²) in [6.07, 6.45) is 1.02. The number of rotatable bonds is 3. The molecule has 1 aliphatic rings. The summed E-state index contributed by atoms with van der Waals surface area (Å²) in [5, 5.41) is 5.93. The van der Waals surface area contributed by atoms with Crippen LogP contribution in [0.2, 0.25) is 0 Å². The van der Waals surface area contributed by atoms with Gasteiger partial charge in [0.2, 0.25) is 5.91 Å². The zero-order valence-electron chi connectivity index (χ0n) is 12.0. The second kappa shape index (κ2) is 5.48. The van der Waals surface area contributed by atoms with Gasteiger partial charge in [-0.15, -0.1) is 11.3 Å². The van der Waals surface area contributed by atoms with Crippen molar-refractivity contribution in [2.45, 2.75) is 33.2 Å². The number of carbonyl (C=O) groups excluding carboxylic acids is 1. The van der Waals surface area contributed by atoms with E-state index < -0.39 is 0 Å². The van der Waals surface area contributed by atoms with E-state index in [1.807, 2.05) is 0 Å². The Morgan fingerprint density at radius 1 is 1.29 bits per heavy atom. The largest absolute Gasteiger partial charge is 0.378 e. The van der Waals surface area contributed by atoms with Gasteiger partial charge in [-0.1, -0.05) is 0 Å². The predicted octanol–water partition coefficient (Wildman–Crippen LogP) is 4.00. The number of halogens is 1. The maximum atomic E-state index is 14.1. The molecule has 3 rings (SSSR count). The monoisotopic (exact) mass is 304 g/mol. The van der Waals surface area contributed by atoms with E-state index in [9.17, 15) is 9.18 Å². The van der Waals surface area contributed by atoms with E-state index in [0.717, 1.165) is 5.56 Å². The Morgan fingerprint density at radius 3 is 2.81 bits per heavy atom. The lowest BCUT2D eigenvalue weighted by Crippen LogP contribution is -2.19. The highest BCUT2D eigenvalue weighted by atomic mass is 32.1.